The molecular weight excluding hydrogens is 190 g/mol. The predicted molar refractivity (Wildman–Crippen MR) is 59.2 cm³/mol. The minimum Gasteiger partial charge on any atom is -0.493 e. The molecule has 1 aromatic carbocycles. The second-order valence-electron chi connectivity index (χ2n) is 3.98. The Hall–Kier alpha value is -1.22. The molecule has 1 atom stereocenters. The first kappa shape index (κ1) is 10.3. The van der Waals surface area contributed by atoms with Gasteiger partial charge >= 0.3 is 0 Å². The van der Waals surface area contributed by atoms with Gasteiger partial charge in [-0.15, -0.1) is 0 Å². The molecule has 0 bridgehead atoms. The molecule has 82 valence electrons. The van der Waals surface area contributed by atoms with Crippen LogP contribution in [-0.4, -0.2) is 14.2 Å². The standard InChI is InChI=1S/C12H17NO2/c1-14-10-6-5-9(7-11(10)15-2)12(13)8-3-4-8/h5-8,12H,3-4,13H2,1-2H3/t12-/m0/s1. The summed E-state index contributed by atoms with van der Waals surface area (Å²) in [4.78, 5) is 0. The zero-order valence-electron chi connectivity index (χ0n) is 9.19. The van der Waals surface area contributed by atoms with Crippen molar-refractivity contribution in [3.63, 3.8) is 0 Å². The van der Waals surface area contributed by atoms with Crippen molar-refractivity contribution in [2.45, 2.75) is 18.9 Å². The van der Waals surface area contributed by atoms with Gasteiger partial charge in [-0.25, -0.2) is 0 Å². The van der Waals surface area contributed by atoms with E-state index in [1.807, 2.05) is 18.2 Å². The van der Waals surface area contributed by atoms with Gasteiger partial charge in [0, 0.05) is 6.04 Å². The number of benzene rings is 1. The second kappa shape index (κ2) is 4.11. The summed E-state index contributed by atoms with van der Waals surface area (Å²) in [6, 6.07) is 6.05. The van der Waals surface area contributed by atoms with Crippen LogP contribution in [0.15, 0.2) is 18.2 Å². The fourth-order valence-corrected chi connectivity index (χ4v) is 1.79. The smallest absolute Gasteiger partial charge is 0.161 e. The Morgan fingerprint density at radius 3 is 2.40 bits per heavy atom. The third-order valence-electron chi connectivity index (χ3n) is 2.92. The highest BCUT2D eigenvalue weighted by molar-refractivity contribution is 5.44. The molecule has 0 saturated heterocycles. The fraction of sp³-hybridized carbons (Fsp3) is 0.500. The fourth-order valence-electron chi connectivity index (χ4n) is 1.79. The first-order chi connectivity index (χ1) is 7.26. The third kappa shape index (κ3) is 2.07. The van der Waals surface area contributed by atoms with Gasteiger partial charge in [-0.3, -0.25) is 0 Å². The van der Waals surface area contributed by atoms with Crippen molar-refractivity contribution in [1.82, 2.24) is 0 Å². The molecule has 1 aliphatic rings. The maximum Gasteiger partial charge on any atom is 0.161 e. The van der Waals surface area contributed by atoms with Crippen molar-refractivity contribution in [2.24, 2.45) is 11.7 Å². The van der Waals surface area contributed by atoms with Crippen molar-refractivity contribution in [1.29, 1.82) is 0 Å². The SMILES string of the molecule is COc1ccc([C@@H](N)C2CC2)cc1OC. The predicted octanol–water partition coefficient (Wildman–Crippen LogP) is 2.11. The molecule has 0 unspecified atom stereocenters. The molecule has 0 radical (unpaired) electrons. The summed E-state index contributed by atoms with van der Waals surface area (Å²) in [7, 11) is 3.28. The van der Waals surface area contributed by atoms with Gasteiger partial charge in [-0.05, 0) is 36.5 Å². The third-order valence-corrected chi connectivity index (χ3v) is 2.92. The number of hydrogen-bond acceptors (Lipinski definition) is 3. The van der Waals surface area contributed by atoms with Gasteiger partial charge in [0.2, 0.25) is 0 Å². The van der Waals surface area contributed by atoms with Crippen molar-refractivity contribution >= 4 is 0 Å². The van der Waals surface area contributed by atoms with E-state index < -0.39 is 0 Å². The summed E-state index contributed by atoms with van der Waals surface area (Å²) in [6.45, 7) is 0. The van der Waals surface area contributed by atoms with E-state index in [9.17, 15) is 0 Å². The summed E-state index contributed by atoms with van der Waals surface area (Å²) in [6.07, 6.45) is 2.49. The van der Waals surface area contributed by atoms with E-state index in [4.69, 9.17) is 15.2 Å². The van der Waals surface area contributed by atoms with Crippen molar-refractivity contribution in [3.05, 3.63) is 23.8 Å². The highest BCUT2D eigenvalue weighted by atomic mass is 16.5. The second-order valence-corrected chi connectivity index (χ2v) is 3.98. The van der Waals surface area contributed by atoms with Crippen molar-refractivity contribution in [3.8, 4) is 11.5 Å². The van der Waals surface area contributed by atoms with Crippen LogP contribution < -0.4 is 15.2 Å². The minimum absolute atomic E-state index is 0.143. The van der Waals surface area contributed by atoms with Gasteiger partial charge < -0.3 is 15.2 Å². The van der Waals surface area contributed by atoms with E-state index in [1.54, 1.807) is 14.2 Å². The average molecular weight is 207 g/mol. The van der Waals surface area contributed by atoms with Gasteiger partial charge in [0.15, 0.2) is 11.5 Å². The van der Waals surface area contributed by atoms with Crippen LogP contribution in [0.2, 0.25) is 0 Å². The quantitative estimate of drug-likeness (QED) is 0.822. The number of methoxy groups -OCH3 is 2. The van der Waals surface area contributed by atoms with Gasteiger partial charge in [0.1, 0.15) is 0 Å². The molecule has 15 heavy (non-hydrogen) atoms. The molecule has 1 saturated carbocycles. The van der Waals surface area contributed by atoms with Gasteiger partial charge in [0.25, 0.3) is 0 Å². The number of hydrogen-bond donors (Lipinski definition) is 1. The Kier molecular flexibility index (Phi) is 2.82. The number of rotatable bonds is 4. The molecule has 0 aromatic heterocycles. The van der Waals surface area contributed by atoms with Gasteiger partial charge in [-0.1, -0.05) is 6.07 Å². The zero-order valence-corrected chi connectivity index (χ0v) is 9.19. The van der Waals surface area contributed by atoms with Crippen molar-refractivity contribution in [2.75, 3.05) is 14.2 Å². The molecule has 3 nitrogen and oxygen atoms in total. The van der Waals surface area contributed by atoms with E-state index in [0.29, 0.717) is 5.92 Å². The maximum atomic E-state index is 6.12. The number of nitrogens with two attached hydrogens (primary N) is 1. The molecule has 2 N–H and O–H groups in total. The van der Waals surface area contributed by atoms with Crippen LogP contribution in [0.1, 0.15) is 24.4 Å². The van der Waals surface area contributed by atoms with E-state index >= 15 is 0 Å². The summed E-state index contributed by atoms with van der Waals surface area (Å²) in [5.41, 5.74) is 7.25. The van der Waals surface area contributed by atoms with Gasteiger partial charge in [-0.2, -0.15) is 0 Å². The Morgan fingerprint density at radius 2 is 1.87 bits per heavy atom. The van der Waals surface area contributed by atoms with E-state index in [2.05, 4.69) is 0 Å². The van der Waals surface area contributed by atoms with E-state index in [0.717, 1.165) is 17.1 Å². The molecule has 3 heteroatoms. The minimum atomic E-state index is 0.143. The average Bonchev–Trinajstić information content (AvgIpc) is 3.11. The van der Waals surface area contributed by atoms with Crippen LogP contribution in [0.25, 0.3) is 0 Å². The Labute approximate surface area is 90.2 Å². The highest BCUT2D eigenvalue weighted by Gasteiger charge is 2.29. The lowest BCUT2D eigenvalue weighted by Crippen LogP contribution is -2.12. The summed E-state index contributed by atoms with van der Waals surface area (Å²) in [5.74, 6) is 2.17. The molecule has 1 aromatic rings. The van der Waals surface area contributed by atoms with Crippen LogP contribution in [0.5, 0.6) is 11.5 Å². The lowest BCUT2D eigenvalue weighted by molar-refractivity contribution is 0.354. The number of ether oxygens (including phenoxy) is 2. The summed E-state index contributed by atoms with van der Waals surface area (Å²) < 4.78 is 10.4. The Balaban J connectivity index is 2.25. The lowest BCUT2D eigenvalue weighted by Gasteiger charge is -2.14. The maximum absolute atomic E-state index is 6.12. The van der Waals surface area contributed by atoms with Crippen LogP contribution >= 0.6 is 0 Å². The van der Waals surface area contributed by atoms with Crippen molar-refractivity contribution < 1.29 is 9.47 Å². The lowest BCUT2D eigenvalue weighted by atomic mass is 10.0. The van der Waals surface area contributed by atoms with Crippen LogP contribution in [-0.2, 0) is 0 Å². The molecular formula is C12H17NO2. The van der Waals surface area contributed by atoms with Crippen LogP contribution in [0.3, 0.4) is 0 Å². The molecule has 1 aliphatic carbocycles. The molecule has 0 heterocycles. The molecule has 2 rings (SSSR count). The largest absolute Gasteiger partial charge is 0.493 e. The molecule has 0 aliphatic heterocycles. The first-order valence-corrected chi connectivity index (χ1v) is 5.23. The zero-order chi connectivity index (χ0) is 10.8. The normalized spacial score (nSPS) is 17.3. The van der Waals surface area contributed by atoms with E-state index in [-0.39, 0.29) is 6.04 Å². The van der Waals surface area contributed by atoms with Crippen LogP contribution in [0, 0.1) is 5.92 Å². The first-order valence-electron chi connectivity index (χ1n) is 5.23. The molecule has 0 amide bonds. The Bertz CT molecular complexity index is 347. The molecule has 0 spiro atoms. The van der Waals surface area contributed by atoms with E-state index in [1.165, 1.54) is 12.8 Å². The summed E-state index contributed by atoms with van der Waals surface area (Å²) >= 11 is 0. The topological polar surface area (TPSA) is 44.5 Å². The highest BCUT2D eigenvalue weighted by Crippen LogP contribution is 2.41. The molecule has 1 fully saturated rings. The van der Waals surface area contributed by atoms with Crippen LogP contribution in [0.4, 0.5) is 0 Å². The summed E-state index contributed by atoms with van der Waals surface area (Å²) in [5, 5.41) is 0. The van der Waals surface area contributed by atoms with Gasteiger partial charge in [0.05, 0.1) is 14.2 Å². The Morgan fingerprint density at radius 1 is 1.20 bits per heavy atom. The monoisotopic (exact) mass is 207 g/mol.